The third-order valence-electron chi connectivity index (χ3n) is 3.51. The number of aliphatic hydroxyl groups is 1. The smallest absolute Gasteiger partial charge is 0.281 e. The molecule has 0 amide bonds. The van der Waals surface area contributed by atoms with E-state index in [9.17, 15) is 19.6 Å². The minimum absolute atomic E-state index is 0.0436. The van der Waals surface area contributed by atoms with Crippen molar-refractivity contribution < 1.29 is 14.4 Å². The van der Waals surface area contributed by atoms with Crippen LogP contribution in [0.15, 0.2) is 24.4 Å². The van der Waals surface area contributed by atoms with Crippen molar-refractivity contribution >= 4 is 22.3 Å². The molecular weight excluding hydrogens is 277 g/mol. The average molecular weight is 293 g/mol. The summed E-state index contributed by atoms with van der Waals surface area (Å²) in [4.78, 5) is 14.4. The van der Waals surface area contributed by atoms with E-state index >= 15 is 0 Å². The maximum Gasteiger partial charge on any atom is 0.281 e. The van der Waals surface area contributed by atoms with E-state index < -0.39 is 22.4 Å². The van der Waals surface area contributed by atoms with Crippen molar-refractivity contribution in [2.75, 3.05) is 5.32 Å². The van der Waals surface area contributed by atoms with E-state index in [0.717, 1.165) is 6.07 Å². The molecule has 0 aliphatic rings. The Morgan fingerprint density at radius 1 is 1.52 bits per heavy atom. The van der Waals surface area contributed by atoms with Crippen LogP contribution >= 0.6 is 0 Å². The molecular formula is C14H16FN3O3. The summed E-state index contributed by atoms with van der Waals surface area (Å²) in [5, 5.41) is 23.9. The summed E-state index contributed by atoms with van der Waals surface area (Å²) in [6.45, 7) is 4.98. The molecule has 2 N–H and O–H groups in total. The zero-order valence-electron chi connectivity index (χ0n) is 11.9. The zero-order valence-corrected chi connectivity index (χ0v) is 11.9. The number of halogens is 1. The first-order valence-electron chi connectivity index (χ1n) is 6.42. The van der Waals surface area contributed by atoms with E-state index in [2.05, 4.69) is 10.3 Å². The zero-order chi connectivity index (χ0) is 15.8. The van der Waals surface area contributed by atoms with Gasteiger partial charge in [-0.25, -0.2) is 4.39 Å². The van der Waals surface area contributed by atoms with Gasteiger partial charge in [0.05, 0.1) is 33.7 Å². The van der Waals surface area contributed by atoms with Crippen LogP contribution in [-0.4, -0.2) is 26.7 Å². The first-order valence-corrected chi connectivity index (χ1v) is 6.42. The van der Waals surface area contributed by atoms with Gasteiger partial charge in [-0.05, 0) is 32.9 Å². The summed E-state index contributed by atoms with van der Waals surface area (Å²) in [6, 6.07) is 3.93. The Kier molecular flexibility index (Phi) is 3.78. The minimum atomic E-state index is -0.818. The fourth-order valence-electron chi connectivity index (χ4n) is 1.89. The number of hydrogen-bond donors (Lipinski definition) is 2. The molecule has 0 saturated carbocycles. The number of benzene rings is 1. The molecule has 0 saturated heterocycles. The van der Waals surface area contributed by atoms with E-state index in [0.29, 0.717) is 0 Å². The van der Waals surface area contributed by atoms with Crippen molar-refractivity contribution in [3.8, 4) is 0 Å². The van der Waals surface area contributed by atoms with E-state index in [1.54, 1.807) is 26.8 Å². The maximum absolute atomic E-state index is 14.2. The van der Waals surface area contributed by atoms with E-state index in [4.69, 9.17) is 0 Å². The van der Waals surface area contributed by atoms with Crippen molar-refractivity contribution in [2.24, 2.45) is 0 Å². The average Bonchev–Trinajstić information content (AvgIpc) is 2.41. The number of non-ortho nitro benzene ring substituents is 1. The second-order valence-corrected chi connectivity index (χ2v) is 5.43. The summed E-state index contributed by atoms with van der Waals surface area (Å²) in [5.41, 5.74) is -0.947. The van der Waals surface area contributed by atoms with Gasteiger partial charge in [-0.15, -0.1) is 0 Å². The van der Waals surface area contributed by atoms with Crippen molar-refractivity contribution in [2.45, 2.75) is 32.4 Å². The highest BCUT2D eigenvalue weighted by Gasteiger charge is 2.28. The molecule has 0 aliphatic heterocycles. The lowest BCUT2D eigenvalue weighted by atomic mass is 9.97. The first-order chi connectivity index (χ1) is 9.74. The monoisotopic (exact) mass is 293 g/mol. The van der Waals surface area contributed by atoms with Crippen molar-refractivity contribution in [3.63, 3.8) is 0 Å². The van der Waals surface area contributed by atoms with Crippen LogP contribution in [0.2, 0.25) is 0 Å². The molecule has 1 aromatic carbocycles. The number of anilines is 1. The van der Waals surface area contributed by atoms with Gasteiger partial charge in [0, 0.05) is 6.20 Å². The van der Waals surface area contributed by atoms with Gasteiger partial charge in [-0.3, -0.25) is 15.1 Å². The molecule has 1 aromatic heterocycles. The quantitative estimate of drug-likeness (QED) is 0.668. The topological polar surface area (TPSA) is 88.3 Å². The summed E-state index contributed by atoms with van der Waals surface area (Å²) in [7, 11) is 0. The molecule has 7 heteroatoms. The summed E-state index contributed by atoms with van der Waals surface area (Å²) < 4.78 is 14.2. The van der Waals surface area contributed by atoms with Gasteiger partial charge >= 0.3 is 0 Å². The minimum Gasteiger partial charge on any atom is -0.391 e. The molecule has 0 radical (unpaired) electrons. The van der Waals surface area contributed by atoms with Crippen LogP contribution in [0.5, 0.6) is 0 Å². The van der Waals surface area contributed by atoms with Gasteiger partial charge in [0.25, 0.3) is 5.69 Å². The van der Waals surface area contributed by atoms with Crippen molar-refractivity contribution in [1.82, 2.24) is 4.98 Å². The second-order valence-electron chi connectivity index (χ2n) is 5.43. The van der Waals surface area contributed by atoms with Gasteiger partial charge in [-0.1, -0.05) is 0 Å². The van der Waals surface area contributed by atoms with Crippen LogP contribution < -0.4 is 5.32 Å². The Bertz CT molecular complexity index is 701. The predicted molar refractivity (Wildman–Crippen MR) is 77.7 cm³/mol. The molecule has 2 rings (SSSR count). The molecule has 21 heavy (non-hydrogen) atoms. The summed E-state index contributed by atoms with van der Waals surface area (Å²) in [5.74, 6) is -0.776. The molecule has 112 valence electrons. The molecule has 0 aliphatic carbocycles. The number of aliphatic hydroxyl groups excluding tert-OH is 1. The highest BCUT2D eigenvalue weighted by molar-refractivity contribution is 5.97. The Morgan fingerprint density at radius 2 is 2.19 bits per heavy atom. The summed E-state index contributed by atoms with van der Waals surface area (Å²) >= 11 is 0. The molecule has 0 fully saturated rings. The van der Waals surface area contributed by atoms with E-state index in [1.807, 2.05) is 0 Å². The maximum atomic E-state index is 14.2. The normalized spacial score (nSPS) is 13.2. The van der Waals surface area contributed by atoms with Gasteiger partial charge < -0.3 is 10.4 Å². The molecule has 0 spiro atoms. The van der Waals surface area contributed by atoms with Crippen LogP contribution in [0.1, 0.15) is 20.8 Å². The number of fused-ring (bicyclic) bond motifs is 1. The number of hydrogen-bond acceptors (Lipinski definition) is 5. The van der Waals surface area contributed by atoms with Crippen LogP contribution in [0, 0.1) is 15.9 Å². The fourth-order valence-corrected chi connectivity index (χ4v) is 1.89. The van der Waals surface area contributed by atoms with E-state index in [1.165, 1.54) is 12.3 Å². The van der Waals surface area contributed by atoms with Crippen LogP contribution in [0.3, 0.4) is 0 Å². The molecule has 2 aromatic rings. The number of pyridine rings is 1. The van der Waals surface area contributed by atoms with Gasteiger partial charge in [0.1, 0.15) is 5.52 Å². The highest BCUT2D eigenvalue weighted by Crippen LogP contribution is 2.34. The third kappa shape index (κ3) is 2.78. The number of rotatable bonds is 4. The second kappa shape index (κ2) is 5.25. The molecule has 6 nitrogen and oxygen atoms in total. The lowest BCUT2D eigenvalue weighted by Gasteiger charge is -2.31. The van der Waals surface area contributed by atoms with Gasteiger partial charge in [0.15, 0.2) is 5.82 Å². The van der Waals surface area contributed by atoms with Crippen molar-refractivity contribution in [1.29, 1.82) is 0 Å². The van der Waals surface area contributed by atoms with Gasteiger partial charge in [-0.2, -0.15) is 0 Å². The van der Waals surface area contributed by atoms with Crippen LogP contribution in [0.4, 0.5) is 15.8 Å². The molecule has 1 heterocycles. The SMILES string of the molecule is CC(O)C(C)(C)Nc1c(F)cc([N+](=O)[O-])c2cccnc12. The number of nitrogens with one attached hydrogen (secondary N) is 1. The lowest BCUT2D eigenvalue weighted by Crippen LogP contribution is -2.42. The van der Waals surface area contributed by atoms with Gasteiger partial charge in [0.2, 0.25) is 0 Å². The Hall–Kier alpha value is -2.28. The van der Waals surface area contributed by atoms with E-state index in [-0.39, 0.29) is 22.3 Å². The summed E-state index contributed by atoms with van der Waals surface area (Å²) in [6.07, 6.45) is 0.678. The largest absolute Gasteiger partial charge is 0.391 e. The van der Waals surface area contributed by atoms with Crippen LogP contribution in [0.25, 0.3) is 10.9 Å². The Morgan fingerprint density at radius 3 is 2.76 bits per heavy atom. The predicted octanol–water partition coefficient (Wildman–Crippen LogP) is 2.85. The molecule has 1 unspecified atom stereocenters. The lowest BCUT2D eigenvalue weighted by molar-refractivity contribution is -0.383. The van der Waals surface area contributed by atoms with Crippen LogP contribution in [-0.2, 0) is 0 Å². The molecule has 0 bridgehead atoms. The Balaban J connectivity index is 2.68. The first kappa shape index (κ1) is 15.1. The number of nitrogens with zero attached hydrogens (tertiary/aromatic N) is 2. The molecule has 1 atom stereocenters. The number of aromatic nitrogens is 1. The fraction of sp³-hybridized carbons (Fsp3) is 0.357. The van der Waals surface area contributed by atoms with Crippen molar-refractivity contribution in [3.05, 3.63) is 40.3 Å². The highest BCUT2D eigenvalue weighted by atomic mass is 19.1. The number of nitro groups is 1. The Labute approximate surface area is 120 Å². The third-order valence-corrected chi connectivity index (χ3v) is 3.51. The number of nitro benzene ring substituents is 1. The standard InChI is InChI=1S/C14H16FN3O3/c1-8(19)14(2,3)17-13-10(15)7-11(18(20)21)9-5-4-6-16-12(9)13/h4-8,17,19H,1-3H3.